The summed E-state index contributed by atoms with van der Waals surface area (Å²) in [6, 6.07) is 11.7. The van der Waals surface area contributed by atoms with E-state index in [9.17, 15) is 10.1 Å². The Labute approximate surface area is 178 Å². The molecule has 7 heteroatoms. The lowest BCUT2D eigenvalue weighted by Gasteiger charge is -2.09. The van der Waals surface area contributed by atoms with Crippen LogP contribution in [-0.2, 0) is 0 Å². The van der Waals surface area contributed by atoms with Gasteiger partial charge in [-0.05, 0) is 44.0 Å². The van der Waals surface area contributed by atoms with Gasteiger partial charge in [0, 0.05) is 28.8 Å². The van der Waals surface area contributed by atoms with Crippen LogP contribution < -0.4 is 14.8 Å². The first-order chi connectivity index (χ1) is 14.5. The Morgan fingerprint density at radius 2 is 1.97 bits per heavy atom. The summed E-state index contributed by atoms with van der Waals surface area (Å²) >= 11 is 1.40. The van der Waals surface area contributed by atoms with Gasteiger partial charge in [0.1, 0.15) is 16.6 Å². The molecular weight excluding hydrogens is 398 g/mol. The minimum Gasteiger partial charge on any atom is -0.454 e. The van der Waals surface area contributed by atoms with Gasteiger partial charge in [-0.1, -0.05) is 12.1 Å². The second kappa shape index (κ2) is 8.01. The zero-order valence-corrected chi connectivity index (χ0v) is 17.6. The number of aryl methyl sites for hydroxylation is 2. The molecule has 1 N–H and O–H groups in total. The number of fused-ring (bicyclic) bond motifs is 1. The molecule has 0 unspecified atom stereocenters. The third kappa shape index (κ3) is 3.78. The maximum absolute atomic E-state index is 12.0. The molecule has 0 radical (unpaired) electrons. The molecular formula is C23H19N3O3S. The van der Waals surface area contributed by atoms with Crippen LogP contribution in [0, 0.1) is 25.2 Å². The number of allylic oxidation sites excluding steroid dienone is 1. The van der Waals surface area contributed by atoms with Crippen LogP contribution in [0.15, 0.2) is 41.9 Å². The predicted molar refractivity (Wildman–Crippen MR) is 117 cm³/mol. The Kier molecular flexibility index (Phi) is 5.25. The molecule has 2 heterocycles. The normalized spacial score (nSPS) is 12.5. The number of hydrogen-bond donors (Lipinski definition) is 1. The Bertz CT molecular complexity index is 1220. The van der Waals surface area contributed by atoms with E-state index in [1.165, 1.54) is 29.4 Å². The van der Waals surface area contributed by atoms with Crippen LogP contribution in [0.25, 0.3) is 16.8 Å². The lowest BCUT2D eigenvalue weighted by atomic mass is 10.1. The van der Waals surface area contributed by atoms with Crippen molar-refractivity contribution in [1.29, 1.82) is 5.26 Å². The van der Waals surface area contributed by atoms with Crippen molar-refractivity contribution >= 4 is 28.4 Å². The molecule has 30 heavy (non-hydrogen) atoms. The van der Waals surface area contributed by atoms with E-state index in [2.05, 4.69) is 42.4 Å². The van der Waals surface area contributed by atoms with E-state index in [0.29, 0.717) is 33.3 Å². The van der Waals surface area contributed by atoms with E-state index in [1.54, 1.807) is 18.3 Å². The molecule has 0 spiro atoms. The summed E-state index contributed by atoms with van der Waals surface area (Å²) in [4.78, 5) is 16.7. The minimum absolute atomic E-state index is 0.117. The van der Waals surface area contributed by atoms with Gasteiger partial charge >= 0.3 is 0 Å². The van der Waals surface area contributed by atoms with Crippen LogP contribution in [0.3, 0.4) is 0 Å². The summed E-state index contributed by atoms with van der Waals surface area (Å²) in [5.41, 5.74) is 5.64. The number of nitriles is 1. The summed E-state index contributed by atoms with van der Waals surface area (Å²) in [5.74, 6) is 0.975. The highest BCUT2D eigenvalue weighted by Gasteiger charge is 2.19. The predicted octanol–water partition coefficient (Wildman–Crippen LogP) is 5.33. The van der Waals surface area contributed by atoms with Crippen LogP contribution >= 0.6 is 11.3 Å². The Balaban J connectivity index is 1.63. The van der Waals surface area contributed by atoms with E-state index in [1.807, 2.05) is 11.4 Å². The summed E-state index contributed by atoms with van der Waals surface area (Å²) in [7, 11) is 0. The van der Waals surface area contributed by atoms with Gasteiger partial charge in [-0.25, -0.2) is 4.98 Å². The third-order valence-electron chi connectivity index (χ3n) is 4.92. The number of nitrogens with one attached hydrogen (secondary N) is 1. The molecule has 1 aromatic heterocycles. The third-order valence-corrected chi connectivity index (χ3v) is 5.80. The number of benzene rings is 2. The Hall–Kier alpha value is -3.63. The van der Waals surface area contributed by atoms with E-state index >= 15 is 0 Å². The number of carbonyl (C=O) groups excluding carboxylic acids is 1. The number of nitrogens with zero attached hydrogens (tertiary/aromatic N) is 2. The van der Waals surface area contributed by atoms with E-state index in [-0.39, 0.29) is 12.6 Å². The van der Waals surface area contributed by atoms with Crippen molar-refractivity contribution in [1.82, 2.24) is 4.98 Å². The van der Waals surface area contributed by atoms with Crippen LogP contribution in [0.5, 0.6) is 11.5 Å². The molecule has 0 saturated carbocycles. The summed E-state index contributed by atoms with van der Waals surface area (Å²) in [6.07, 6.45) is 1.56. The first kappa shape index (κ1) is 19.7. The van der Waals surface area contributed by atoms with Crippen LogP contribution in [0.4, 0.5) is 5.69 Å². The van der Waals surface area contributed by atoms with Crippen molar-refractivity contribution < 1.29 is 14.3 Å². The van der Waals surface area contributed by atoms with Gasteiger partial charge in [-0.3, -0.25) is 4.79 Å². The van der Waals surface area contributed by atoms with Gasteiger partial charge in [-0.2, -0.15) is 5.26 Å². The zero-order valence-electron chi connectivity index (χ0n) is 16.8. The number of ketones is 1. The molecule has 2 aromatic carbocycles. The quantitative estimate of drug-likeness (QED) is 0.446. The number of carbonyl (C=O) groups is 1. The average molecular weight is 417 g/mol. The number of aromatic nitrogens is 1. The molecule has 0 bridgehead atoms. The van der Waals surface area contributed by atoms with Crippen molar-refractivity contribution in [2.45, 2.75) is 20.8 Å². The lowest BCUT2D eigenvalue weighted by molar-refractivity contribution is 0.101. The average Bonchev–Trinajstić information content (AvgIpc) is 3.39. The summed E-state index contributed by atoms with van der Waals surface area (Å²) in [6.45, 7) is 5.73. The molecule has 1 aliphatic heterocycles. The molecule has 0 fully saturated rings. The molecule has 1 aliphatic rings. The lowest BCUT2D eigenvalue weighted by Crippen LogP contribution is -2.00. The number of anilines is 1. The molecule has 0 amide bonds. The van der Waals surface area contributed by atoms with Crippen LogP contribution in [-0.4, -0.2) is 17.6 Å². The number of hydrogen-bond acceptors (Lipinski definition) is 7. The second-order valence-electron chi connectivity index (χ2n) is 6.96. The molecule has 6 nitrogen and oxygen atoms in total. The van der Waals surface area contributed by atoms with Gasteiger partial charge in [0.15, 0.2) is 17.3 Å². The Morgan fingerprint density at radius 1 is 1.20 bits per heavy atom. The highest BCUT2D eigenvalue weighted by molar-refractivity contribution is 7.11. The van der Waals surface area contributed by atoms with Gasteiger partial charge in [0.25, 0.3) is 0 Å². The van der Waals surface area contributed by atoms with E-state index in [0.717, 1.165) is 11.3 Å². The van der Waals surface area contributed by atoms with Crippen molar-refractivity contribution in [2.24, 2.45) is 0 Å². The maximum Gasteiger partial charge on any atom is 0.231 e. The van der Waals surface area contributed by atoms with Gasteiger partial charge in [0.05, 0.1) is 11.4 Å². The molecule has 4 rings (SSSR count). The van der Waals surface area contributed by atoms with E-state index in [4.69, 9.17) is 9.47 Å². The first-order valence-corrected chi connectivity index (χ1v) is 10.2. The molecule has 3 aromatic rings. The van der Waals surface area contributed by atoms with Crippen LogP contribution in [0.2, 0.25) is 0 Å². The topological polar surface area (TPSA) is 84.2 Å². The maximum atomic E-state index is 12.0. The minimum atomic E-state index is -0.117. The highest BCUT2D eigenvalue weighted by Crippen LogP contribution is 2.37. The highest BCUT2D eigenvalue weighted by atomic mass is 32.1. The number of ether oxygens (including phenoxy) is 2. The zero-order chi connectivity index (χ0) is 21.3. The monoisotopic (exact) mass is 417 g/mol. The van der Waals surface area contributed by atoms with Gasteiger partial charge < -0.3 is 14.8 Å². The number of thiazole rings is 1. The molecule has 0 atom stereocenters. The fourth-order valence-electron chi connectivity index (χ4n) is 3.08. The van der Waals surface area contributed by atoms with E-state index < -0.39 is 0 Å². The number of rotatable bonds is 5. The fourth-order valence-corrected chi connectivity index (χ4v) is 3.87. The molecule has 0 aliphatic carbocycles. The van der Waals surface area contributed by atoms with Crippen molar-refractivity contribution in [3.8, 4) is 28.8 Å². The fraction of sp³-hybridized carbons (Fsp3) is 0.174. The summed E-state index contributed by atoms with van der Waals surface area (Å²) < 4.78 is 10.7. The molecule has 0 saturated heterocycles. The van der Waals surface area contributed by atoms with Crippen molar-refractivity contribution in [3.05, 3.63) is 63.6 Å². The summed E-state index contributed by atoms with van der Waals surface area (Å²) in [5, 5.41) is 15.3. The van der Waals surface area contributed by atoms with Crippen LogP contribution in [0.1, 0.15) is 33.4 Å². The largest absolute Gasteiger partial charge is 0.454 e. The number of Topliss-reactive ketones (excluding diaryl/α,β-unsaturated/α-hetero) is 1. The standard InChI is InChI=1S/C23H19N3O3S/c1-13-4-5-16(6-14(13)2)20-11-30-23(26-20)17(9-24)10-25-19-8-22-21(28-12-29-22)7-18(19)15(3)27/h4-8,10-11,25H,12H2,1-3H3. The van der Waals surface area contributed by atoms with Crippen molar-refractivity contribution in [2.75, 3.05) is 12.1 Å². The van der Waals surface area contributed by atoms with Gasteiger partial charge in [0.2, 0.25) is 6.79 Å². The molecule has 150 valence electrons. The van der Waals surface area contributed by atoms with Gasteiger partial charge in [-0.15, -0.1) is 11.3 Å². The first-order valence-electron chi connectivity index (χ1n) is 9.31. The smallest absolute Gasteiger partial charge is 0.231 e. The Morgan fingerprint density at radius 3 is 2.67 bits per heavy atom. The second-order valence-corrected chi connectivity index (χ2v) is 7.82. The SMILES string of the molecule is CC(=O)c1cc2c(cc1NC=C(C#N)c1nc(-c3ccc(C)c(C)c3)cs1)OCO2. The van der Waals surface area contributed by atoms with Crippen molar-refractivity contribution in [3.63, 3.8) is 0 Å².